The fourth-order valence-corrected chi connectivity index (χ4v) is 3.97. The predicted octanol–water partition coefficient (Wildman–Crippen LogP) is 3.67. The lowest BCUT2D eigenvalue weighted by Gasteiger charge is -2.26. The van der Waals surface area contributed by atoms with E-state index in [9.17, 15) is 9.59 Å². The van der Waals surface area contributed by atoms with Gasteiger partial charge in [0.2, 0.25) is 11.8 Å². The van der Waals surface area contributed by atoms with Crippen LogP contribution in [0.25, 0.3) is 0 Å². The van der Waals surface area contributed by atoms with Gasteiger partial charge in [0.25, 0.3) is 0 Å². The number of nitrogens with zero attached hydrogens (tertiary/aromatic N) is 2. The summed E-state index contributed by atoms with van der Waals surface area (Å²) in [5, 5.41) is 0.630. The molecule has 0 spiro atoms. The second-order valence-electron chi connectivity index (χ2n) is 6.77. The van der Waals surface area contributed by atoms with Crippen LogP contribution in [0, 0.1) is 5.92 Å². The van der Waals surface area contributed by atoms with Crippen LogP contribution >= 0.6 is 11.6 Å². The van der Waals surface area contributed by atoms with Crippen LogP contribution in [0.15, 0.2) is 48.5 Å². The number of fused-ring (bicyclic) bond motifs is 1. The van der Waals surface area contributed by atoms with Crippen molar-refractivity contribution < 1.29 is 9.59 Å². The highest BCUT2D eigenvalue weighted by Gasteiger charge is 2.40. The lowest BCUT2D eigenvalue weighted by Crippen LogP contribution is -2.41. The van der Waals surface area contributed by atoms with Gasteiger partial charge >= 0.3 is 0 Å². The van der Waals surface area contributed by atoms with Gasteiger partial charge in [0.1, 0.15) is 0 Å². The fraction of sp³-hybridized carbons (Fsp3) is 0.300. The van der Waals surface area contributed by atoms with E-state index >= 15 is 0 Å². The van der Waals surface area contributed by atoms with Gasteiger partial charge in [-0.2, -0.15) is 0 Å². The number of rotatable bonds is 2. The zero-order valence-electron chi connectivity index (χ0n) is 14.0. The minimum Gasteiger partial charge on any atom is -0.312 e. The minimum atomic E-state index is -0.309. The van der Waals surface area contributed by atoms with Gasteiger partial charge in [-0.1, -0.05) is 29.8 Å². The van der Waals surface area contributed by atoms with Gasteiger partial charge in [-0.05, 0) is 49.2 Å². The van der Waals surface area contributed by atoms with Gasteiger partial charge in [0.05, 0.1) is 5.92 Å². The Morgan fingerprint density at radius 1 is 1.08 bits per heavy atom. The minimum absolute atomic E-state index is 0.0131. The normalized spacial score (nSPS) is 22.4. The molecule has 4 rings (SSSR count). The zero-order chi connectivity index (χ0) is 17.6. The number of para-hydroxylation sites is 1. The number of anilines is 2. The predicted molar refractivity (Wildman–Crippen MR) is 99.0 cm³/mol. The molecule has 0 aliphatic carbocycles. The molecule has 0 saturated carbocycles. The summed E-state index contributed by atoms with van der Waals surface area (Å²) in [5.41, 5.74) is 2.97. The second-order valence-corrected chi connectivity index (χ2v) is 7.21. The van der Waals surface area contributed by atoms with E-state index in [2.05, 4.69) is 13.0 Å². The van der Waals surface area contributed by atoms with E-state index in [0.717, 1.165) is 17.8 Å². The number of carbonyl (C=O) groups excluding carboxylic acids is 2. The van der Waals surface area contributed by atoms with Crippen molar-refractivity contribution in [2.45, 2.75) is 25.8 Å². The molecular weight excluding hydrogens is 336 g/mol. The van der Waals surface area contributed by atoms with Crippen molar-refractivity contribution in [3.63, 3.8) is 0 Å². The van der Waals surface area contributed by atoms with Gasteiger partial charge in [-0.15, -0.1) is 0 Å². The fourth-order valence-electron chi connectivity index (χ4n) is 3.84. The van der Waals surface area contributed by atoms with E-state index in [4.69, 9.17) is 11.6 Å². The highest BCUT2D eigenvalue weighted by molar-refractivity contribution is 6.30. The van der Waals surface area contributed by atoms with Crippen molar-refractivity contribution in [1.82, 2.24) is 0 Å². The van der Waals surface area contributed by atoms with E-state index in [0.29, 0.717) is 11.6 Å². The Labute approximate surface area is 152 Å². The second kappa shape index (κ2) is 6.19. The maximum Gasteiger partial charge on any atom is 0.232 e. The van der Waals surface area contributed by atoms with Gasteiger partial charge < -0.3 is 9.80 Å². The van der Waals surface area contributed by atoms with Crippen LogP contribution in [-0.2, 0) is 16.0 Å². The van der Waals surface area contributed by atoms with Crippen molar-refractivity contribution in [3.8, 4) is 0 Å². The molecule has 4 nitrogen and oxygen atoms in total. The molecule has 5 heteroatoms. The summed E-state index contributed by atoms with van der Waals surface area (Å²) in [5.74, 6) is -0.278. The monoisotopic (exact) mass is 354 g/mol. The van der Waals surface area contributed by atoms with E-state index in [1.165, 1.54) is 5.56 Å². The smallest absolute Gasteiger partial charge is 0.232 e. The third kappa shape index (κ3) is 2.81. The first-order chi connectivity index (χ1) is 12.0. The van der Waals surface area contributed by atoms with Crippen LogP contribution in [0.1, 0.15) is 18.9 Å². The molecule has 2 unspecified atom stereocenters. The third-order valence-electron chi connectivity index (χ3n) is 5.06. The summed E-state index contributed by atoms with van der Waals surface area (Å²) in [6.07, 6.45) is 1.12. The molecule has 2 aliphatic heterocycles. The third-order valence-corrected chi connectivity index (χ3v) is 5.31. The molecule has 2 amide bonds. The summed E-state index contributed by atoms with van der Waals surface area (Å²) in [7, 11) is 0. The summed E-state index contributed by atoms with van der Waals surface area (Å²) in [6.45, 7) is 2.48. The Balaban J connectivity index is 1.56. The highest BCUT2D eigenvalue weighted by Crippen LogP contribution is 2.35. The van der Waals surface area contributed by atoms with Gasteiger partial charge in [0.15, 0.2) is 0 Å². The molecule has 2 aromatic carbocycles. The molecule has 25 heavy (non-hydrogen) atoms. The lowest BCUT2D eigenvalue weighted by atomic mass is 10.1. The van der Waals surface area contributed by atoms with E-state index < -0.39 is 0 Å². The van der Waals surface area contributed by atoms with E-state index in [-0.39, 0.29) is 30.2 Å². The van der Waals surface area contributed by atoms with Crippen molar-refractivity contribution in [1.29, 1.82) is 0 Å². The summed E-state index contributed by atoms with van der Waals surface area (Å²) in [4.78, 5) is 29.1. The van der Waals surface area contributed by atoms with Crippen LogP contribution in [0.5, 0.6) is 0 Å². The number of hydrogen-bond acceptors (Lipinski definition) is 2. The molecule has 1 saturated heterocycles. The van der Waals surface area contributed by atoms with Crippen molar-refractivity contribution in [3.05, 3.63) is 59.1 Å². The number of amides is 2. The lowest BCUT2D eigenvalue weighted by molar-refractivity contribution is -0.124. The zero-order valence-corrected chi connectivity index (χ0v) is 14.7. The van der Waals surface area contributed by atoms with Gasteiger partial charge in [0, 0.05) is 35.4 Å². The number of carbonyl (C=O) groups is 2. The highest BCUT2D eigenvalue weighted by atomic mass is 35.5. The molecule has 128 valence electrons. The molecule has 0 bridgehead atoms. The Morgan fingerprint density at radius 3 is 2.56 bits per heavy atom. The van der Waals surface area contributed by atoms with Crippen molar-refractivity contribution in [2.24, 2.45) is 5.92 Å². The SMILES string of the molecule is CC1Cc2ccccc2N1C(=O)C1CC(=O)N(c2ccc(Cl)cc2)C1. The van der Waals surface area contributed by atoms with Crippen LogP contribution < -0.4 is 9.80 Å². The maximum atomic E-state index is 13.1. The molecule has 2 aliphatic rings. The Hall–Kier alpha value is -2.33. The maximum absolute atomic E-state index is 13.1. The quantitative estimate of drug-likeness (QED) is 0.825. The standard InChI is InChI=1S/C20H19ClN2O2/c1-13-10-14-4-2-3-5-18(14)23(13)20(25)15-11-19(24)22(12-15)17-8-6-16(21)7-9-17/h2-9,13,15H,10-12H2,1H3. The van der Waals surface area contributed by atoms with Gasteiger partial charge in [-0.25, -0.2) is 0 Å². The molecule has 1 fully saturated rings. The topological polar surface area (TPSA) is 40.6 Å². The summed E-state index contributed by atoms with van der Waals surface area (Å²) < 4.78 is 0. The first-order valence-electron chi connectivity index (χ1n) is 8.51. The molecule has 2 aromatic rings. The average Bonchev–Trinajstić information content (AvgIpc) is 3.14. The molecule has 0 radical (unpaired) electrons. The van der Waals surface area contributed by atoms with Gasteiger partial charge in [-0.3, -0.25) is 9.59 Å². The van der Waals surface area contributed by atoms with Crippen LogP contribution in [-0.4, -0.2) is 24.4 Å². The molecule has 0 aromatic heterocycles. The Bertz CT molecular complexity index is 834. The molecule has 2 atom stereocenters. The first kappa shape index (κ1) is 16.2. The molecule has 2 heterocycles. The number of halogens is 1. The van der Waals surface area contributed by atoms with Crippen LogP contribution in [0.3, 0.4) is 0 Å². The average molecular weight is 355 g/mol. The number of benzene rings is 2. The first-order valence-corrected chi connectivity index (χ1v) is 8.89. The molecular formula is C20H19ClN2O2. The largest absolute Gasteiger partial charge is 0.312 e. The Kier molecular flexibility index (Phi) is 4.00. The number of hydrogen-bond donors (Lipinski definition) is 0. The molecule has 0 N–H and O–H groups in total. The van der Waals surface area contributed by atoms with Crippen molar-refractivity contribution in [2.75, 3.05) is 16.3 Å². The van der Waals surface area contributed by atoms with Crippen LogP contribution in [0.2, 0.25) is 5.02 Å². The summed E-state index contributed by atoms with van der Waals surface area (Å²) in [6, 6.07) is 15.3. The van der Waals surface area contributed by atoms with Crippen LogP contribution in [0.4, 0.5) is 11.4 Å². The van der Waals surface area contributed by atoms with Crippen molar-refractivity contribution >= 4 is 34.8 Å². The Morgan fingerprint density at radius 2 is 1.80 bits per heavy atom. The van der Waals surface area contributed by atoms with E-state index in [1.807, 2.05) is 35.2 Å². The summed E-state index contributed by atoms with van der Waals surface area (Å²) >= 11 is 5.92. The van der Waals surface area contributed by atoms with E-state index in [1.54, 1.807) is 17.0 Å².